The summed E-state index contributed by atoms with van der Waals surface area (Å²) in [7, 11) is 0. The monoisotopic (exact) mass is 177 g/mol. The maximum absolute atomic E-state index is 5.74. The van der Waals surface area contributed by atoms with Gasteiger partial charge in [-0.25, -0.2) is 4.98 Å². The Bertz CT molecular complexity index is 279. The Hall–Kier alpha value is -1.05. The highest BCUT2D eigenvalue weighted by atomic mass is 16.5. The van der Waals surface area contributed by atoms with Gasteiger partial charge >= 0.3 is 0 Å². The van der Waals surface area contributed by atoms with Crippen molar-refractivity contribution in [2.75, 3.05) is 0 Å². The van der Waals surface area contributed by atoms with E-state index >= 15 is 0 Å². The summed E-state index contributed by atoms with van der Waals surface area (Å²) in [5.41, 5.74) is 1.21. The molecule has 13 heavy (non-hydrogen) atoms. The smallest absolute Gasteiger partial charge is 0.213 e. The van der Waals surface area contributed by atoms with E-state index in [2.05, 4.69) is 11.9 Å². The van der Waals surface area contributed by atoms with Crippen molar-refractivity contribution in [1.29, 1.82) is 0 Å². The molecule has 1 aromatic rings. The molecule has 0 amide bonds. The number of pyridine rings is 1. The molecule has 0 atom stereocenters. The van der Waals surface area contributed by atoms with Crippen molar-refractivity contribution >= 4 is 0 Å². The second kappa shape index (κ2) is 3.77. The summed E-state index contributed by atoms with van der Waals surface area (Å²) in [6.07, 6.45) is 7.20. The zero-order valence-corrected chi connectivity index (χ0v) is 7.99. The van der Waals surface area contributed by atoms with E-state index in [0.29, 0.717) is 6.10 Å². The topological polar surface area (TPSA) is 22.1 Å². The summed E-state index contributed by atoms with van der Waals surface area (Å²) in [5.74, 6) is 0.784. The second-order valence-electron chi connectivity index (χ2n) is 3.70. The maximum atomic E-state index is 5.74. The van der Waals surface area contributed by atoms with Gasteiger partial charge in [0, 0.05) is 12.3 Å². The number of hydrogen-bond donors (Lipinski definition) is 0. The van der Waals surface area contributed by atoms with Crippen molar-refractivity contribution in [3.8, 4) is 5.88 Å². The fourth-order valence-corrected chi connectivity index (χ4v) is 1.75. The third kappa shape index (κ3) is 2.20. The van der Waals surface area contributed by atoms with Gasteiger partial charge in [0.2, 0.25) is 5.88 Å². The molecule has 2 nitrogen and oxygen atoms in total. The minimum Gasteiger partial charge on any atom is -0.474 e. The highest BCUT2D eigenvalue weighted by molar-refractivity contribution is 5.18. The molecule has 0 aliphatic heterocycles. The van der Waals surface area contributed by atoms with Crippen molar-refractivity contribution in [3.05, 3.63) is 23.9 Å². The number of ether oxygens (including phenoxy) is 1. The molecule has 2 rings (SSSR count). The summed E-state index contributed by atoms with van der Waals surface area (Å²) < 4.78 is 5.74. The van der Waals surface area contributed by atoms with Crippen molar-refractivity contribution < 1.29 is 4.74 Å². The van der Waals surface area contributed by atoms with Gasteiger partial charge < -0.3 is 4.74 Å². The summed E-state index contributed by atoms with van der Waals surface area (Å²) in [6.45, 7) is 2.06. The Morgan fingerprint density at radius 3 is 2.85 bits per heavy atom. The lowest BCUT2D eigenvalue weighted by Gasteiger charge is -2.11. The third-order valence-corrected chi connectivity index (χ3v) is 2.48. The summed E-state index contributed by atoms with van der Waals surface area (Å²) in [6, 6.07) is 3.99. The molecule has 0 bridgehead atoms. The molecule has 0 saturated heterocycles. The lowest BCUT2D eigenvalue weighted by molar-refractivity contribution is 0.201. The number of aryl methyl sites for hydroxylation is 1. The summed E-state index contributed by atoms with van der Waals surface area (Å²) >= 11 is 0. The number of nitrogens with zero attached hydrogens (tertiary/aromatic N) is 1. The van der Waals surface area contributed by atoms with Crippen LogP contribution >= 0.6 is 0 Å². The average molecular weight is 177 g/mol. The van der Waals surface area contributed by atoms with E-state index in [4.69, 9.17) is 4.74 Å². The molecule has 1 heterocycles. The van der Waals surface area contributed by atoms with E-state index < -0.39 is 0 Å². The van der Waals surface area contributed by atoms with E-state index in [0.717, 1.165) is 5.88 Å². The van der Waals surface area contributed by atoms with Crippen LogP contribution in [0, 0.1) is 6.92 Å². The third-order valence-electron chi connectivity index (χ3n) is 2.48. The first-order chi connectivity index (χ1) is 6.34. The van der Waals surface area contributed by atoms with Gasteiger partial charge in [-0.3, -0.25) is 0 Å². The molecule has 0 radical (unpaired) electrons. The maximum Gasteiger partial charge on any atom is 0.213 e. The van der Waals surface area contributed by atoms with Crippen LogP contribution in [0.5, 0.6) is 5.88 Å². The van der Waals surface area contributed by atoms with Crippen LogP contribution in [0.15, 0.2) is 18.3 Å². The molecule has 70 valence electrons. The van der Waals surface area contributed by atoms with Crippen LogP contribution in [0.3, 0.4) is 0 Å². The van der Waals surface area contributed by atoms with Gasteiger partial charge in [-0.2, -0.15) is 0 Å². The largest absolute Gasteiger partial charge is 0.474 e. The number of hydrogen-bond acceptors (Lipinski definition) is 2. The van der Waals surface area contributed by atoms with Crippen LogP contribution in [0.25, 0.3) is 0 Å². The van der Waals surface area contributed by atoms with Gasteiger partial charge in [0.15, 0.2) is 0 Å². The first kappa shape index (κ1) is 8.54. The Morgan fingerprint density at radius 1 is 1.38 bits per heavy atom. The quantitative estimate of drug-likeness (QED) is 0.693. The Morgan fingerprint density at radius 2 is 2.15 bits per heavy atom. The fourth-order valence-electron chi connectivity index (χ4n) is 1.75. The minimum atomic E-state index is 0.411. The van der Waals surface area contributed by atoms with Crippen LogP contribution in [-0.4, -0.2) is 11.1 Å². The standard InChI is InChI=1S/C11H15NO/c1-9-6-7-12-11(8-9)13-10-4-2-3-5-10/h6-8,10H,2-5H2,1H3. The van der Waals surface area contributed by atoms with Gasteiger partial charge in [-0.05, 0) is 44.2 Å². The molecule has 0 N–H and O–H groups in total. The van der Waals surface area contributed by atoms with Crippen LogP contribution in [0.4, 0.5) is 0 Å². The van der Waals surface area contributed by atoms with Crippen molar-refractivity contribution in [1.82, 2.24) is 4.98 Å². The Labute approximate surface area is 78.9 Å². The minimum absolute atomic E-state index is 0.411. The molecule has 0 spiro atoms. The van der Waals surface area contributed by atoms with Crippen molar-refractivity contribution in [2.45, 2.75) is 38.7 Å². The predicted octanol–water partition coefficient (Wildman–Crippen LogP) is 2.71. The van der Waals surface area contributed by atoms with E-state index in [9.17, 15) is 0 Å². The van der Waals surface area contributed by atoms with Crippen LogP contribution in [-0.2, 0) is 0 Å². The molecule has 1 saturated carbocycles. The van der Waals surface area contributed by atoms with Gasteiger partial charge in [-0.15, -0.1) is 0 Å². The normalized spacial score (nSPS) is 17.6. The molecule has 1 aromatic heterocycles. The Kier molecular flexibility index (Phi) is 2.48. The predicted molar refractivity (Wildman–Crippen MR) is 51.9 cm³/mol. The molecular weight excluding hydrogens is 162 g/mol. The van der Waals surface area contributed by atoms with Crippen LogP contribution in [0.1, 0.15) is 31.2 Å². The molecular formula is C11H15NO. The zero-order chi connectivity index (χ0) is 9.10. The average Bonchev–Trinajstić information content (AvgIpc) is 2.57. The second-order valence-corrected chi connectivity index (χ2v) is 3.70. The molecule has 1 aliphatic carbocycles. The first-order valence-corrected chi connectivity index (χ1v) is 4.94. The lowest BCUT2D eigenvalue weighted by Crippen LogP contribution is -2.11. The van der Waals surface area contributed by atoms with Gasteiger partial charge in [0.1, 0.15) is 6.10 Å². The van der Waals surface area contributed by atoms with Crippen molar-refractivity contribution in [2.24, 2.45) is 0 Å². The van der Waals surface area contributed by atoms with E-state index in [-0.39, 0.29) is 0 Å². The highest BCUT2D eigenvalue weighted by Gasteiger charge is 2.16. The molecule has 1 fully saturated rings. The zero-order valence-electron chi connectivity index (χ0n) is 7.99. The SMILES string of the molecule is Cc1ccnc(OC2CCCC2)c1. The van der Waals surface area contributed by atoms with E-state index in [1.807, 2.05) is 12.1 Å². The fraction of sp³-hybridized carbons (Fsp3) is 0.545. The lowest BCUT2D eigenvalue weighted by atomic mass is 10.3. The van der Waals surface area contributed by atoms with Gasteiger partial charge in [0.25, 0.3) is 0 Å². The summed E-state index contributed by atoms with van der Waals surface area (Å²) in [4.78, 5) is 4.18. The number of rotatable bonds is 2. The first-order valence-electron chi connectivity index (χ1n) is 4.94. The molecule has 0 aromatic carbocycles. The molecule has 1 aliphatic rings. The Balaban J connectivity index is 2.00. The molecule has 0 unspecified atom stereocenters. The highest BCUT2D eigenvalue weighted by Crippen LogP contribution is 2.22. The van der Waals surface area contributed by atoms with E-state index in [1.165, 1.54) is 31.2 Å². The van der Waals surface area contributed by atoms with Gasteiger partial charge in [-0.1, -0.05) is 0 Å². The van der Waals surface area contributed by atoms with Crippen LogP contribution < -0.4 is 4.74 Å². The summed E-state index contributed by atoms with van der Waals surface area (Å²) in [5, 5.41) is 0. The van der Waals surface area contributed by atoms with E-state index in [1.54, 1.807) is 6.20 Å². The number of aromatic nitrogens is 1. The molecule has 2 heteroatoms. The van der Waals surface area contributed by atoms with Crippen LogP contribution in [0.2, 0.25) is 0 Å². The van der Waals surface area contributed by atoms with Crippen molar-refractivity contribution in [3.63, 3.8) is 0 Å². The van der Waals surface area contributed by atoms with Gasteiger partial charge in [0.05, 0.1) is 0 Å².